The number of likely N-dealkylation sites (tertiary alicyclic amines) is 1. The SMILES string of the molecule is CCCN1CCCC(n2cc3cc(F)cc(CC(N)=O)c3n2)C1. The van der Waals surface area contributed by atoms with E-state index in [2.05, 4.69) is 16.9 Å². The van der Waals surface area contributed by atoms with Crippen molar-refractivity contribution in [3.63, 3.8) is 0 Å². The van der Waals surface area contributed by atoms with Gasteiger partial charge >= 0.3 is 0 Å². The molecule has 0 bridgehead atoms. The standard InChI is InChI=1S/C17H23FN4O/c1-2-5-21-6-3-4-15(11-21)22-10-13-8-14(18)7-12(9-16(19)23)17(13)20-22/h7-8,10,15H,2-6,9,11H2,1H3,(H2,19,23). The van der Waals surface area contributed by atoms with Crippen LogP contribution in [0.5, 0.6) is 0 Å². The maximum absolute atomic E-state index is 13.8. The Kier molecular flexibility index (Phi) is 4.61. The van der Waals surface area contributed by atoms with E-state index in [1.54, 1.807) is 0 Å². The van der Waals surface area contributed by atoms with Crippen molar-refractivity contribution >= 4 is 16.8 Å². The molecule has 1 atom stereocenters. The second-order valence-corrected chi connectivity index (χ2v) is 6.35. The van der Waals surface area contributed by atoms with Crippen molar-refractivity contribution in [3.8, 4) is 0 Å². The summed E-state index contributed by atoms with van der Waals surface area (Å²) in [5, 5.41) is 5.37. The van der Waals surface area contributed by atoms with Gasteiger partial charge in [-0.2, -0.15) is 5.10 Å². The summed E-state index contributed by atoms with van der Waals surface area (Å²) in [5.74, 6) is -0.831. The molecule has 3 rings (SSSR count). The van der Waals surface area contributed by atoms with Crippen molar-refractivity contribution in [2.45, 2.75) is 38.6 Å². The molecular formula is C17H23FN4O. The van der Waals surface area contributed by atoms with Crippen molar-refractivity contribution < 1.29 is 9.18 Å². The molecule has 1 aromatic heterocycles. The van der Waals surface area contributed by atoms with Gasteiger partial charge in [0, 0.05) is 18.1 Å². The molecule has 0 saturated carbocycles. The predicted octanol–water partition coefficient (Wildman–Crippen LogP) is 2.25. The molecule has 2 aromatic rings. The zero-order valence-corrected chi connectivity index (χ0v) is 13.5. The molecule has 124 valence electrons. The van der Waals surface area contributed by atoms with Crippen molar-refractivity contribution in [1.82, 2.24) is 14.7 Å². The number of halogens is 1. The zero-order valence-electron chi connectivity index (χ0n) is 13.5. The first-order chi connectivity index (χ1) is 11.1. The maximum Gasteiger partial charge on any atom is 0.221 e. The molecule has 0 radical (unpaired) electrons. The van der Waals surface area contributed by atoms with E-state index < -0.39 is 5.91 Å². The first kappa shape index (κ1) is 15.9. The lowest BCUT2D eigenvalue weighted by Gasteiger charge is -2.32. The van der Waals surface area contributed by atoms with Gasteiger partial charge in [-0.1, -0.05) is 6.92 Å². The third-order valence-corrected chi connectivity index (χ3v) is 4.43. The van der Waals surface area contributed by atoms with Crippen LogP contribution in [0.15, 0.2) is 18.3 Å². The summed E-state index contributed by atoms with van der Waals surface area (Å²) in [5.41, 5.74) is 6.51. The largest absolute Gasteiger partial charge is 0.369 e. The van der Waals surface area contributed by atoms with E-state index in [9.17, 15) is 9.18 Å². The Labute approximate surface area is 135 Å². The molecule has 23 heavy (non-hydrogen) atoms. The van der Waals surface area contributed by atoms with Gasteiger partial charge in [0.25, 0.3) is 0 Å². The smallest absolute Gasteiger partial charge is 0.221 e. The summed E-state index contributed by atoms with van der Waals surface area (Å²) in [4.78, 5) is 13.7. The van der Waals surface area contributed by atoms with Crippen molar-refractivity contribution in [1.29, 1.82) is 0 Å². The Balaban J connectivity index is 1.91. The van der Waals surface area contributed by atoms with Crippen LogP contribution in [0.3, 0.4) is 0 Å². The molecule has 6 heteroatoms. The van der Waals surface area contributed by atoms with Gasteiger partial charge in [0.05, 0.1) is 18.0 Å². The zero-order chi connectivity index (χ0) is 16.4. The quantitative estimate of drug-likeness (QED) is 0.919. The van der Waals surface area contributed by atoms with E-state index in [-0.39, 0.29) is 12.2 Å². The number of rotatable bonds is 5. The van der Waals surface area contributed by atoms with Crippen LogP contribution in [0.1, 0.15) is 37.8 Å². The fourth-order valence-corrected chi connectivity index (χ4v) is 3.46. The van der Waals surface area contributed by atoms with Crippen LogP contribution in [0.4, 0.5) is 4.39 Å². The Morgan fingerprint density at radius 1 is 1.48 bits per heavy atom. The number of carbonyl (C=O) groups is 1. The maximum atomic E-state index is 13.8. The lowest BCUT2D eigenvalue weighted by Crippen LogP contribution is -2.37. The first-order valence-electron chi connectivity index (χ1n) is 8.24. The Morgan fingerprint density at radius 2 is 2.30 bits per heavy atom. The van der Waals surface area contributed by atoms with Crippen molar-refractivity contribution in [3.05, 3.63) is 29.7 Å². The molecule has 1 unspecified atom stereocenters. The summed E-state index contributed by atoms with van der Waals surface area (Å²) in [6.07, 6.45) is 5.26. The fourth-order valence-electron chi connectivity index (χ4n) is 3.46. The van der Waals surface area contributed by atoms with Gasteiger partial charge in [-0.15, -0.1) is 0 Å². The lowest BCUT2D eigenvalue weighted by molar-refractivity contribution is -0.117. The van der Waals surface area contributed by atoms with Crippen LogP contribution >= 0.6 is 0 Å². The first-order valence-corrected chi connectivity index (χ1v) is 8.24. The minimum atomic E-state index is -0.474. The molecule has 1 aromatic carbocycles. The molecule has 1 amide bonds. The van der Waals surface area contributed by atoms with E-state index in [4.69, 9.17) is 5.73 Å². The lowest BCUT2D eigenvalue weighted by atomic mass is 10.1. The summed E-state index contributed by atoms with van der Waals surface area (Å²) < 4.78 is 15.7. The Morgan fingerprint density at radius 3 is 3.04 bits per heavy atom. The van der Waals surface area contributed by atoms with Gasteiger partial charge in [-0.05, 0) is 50.0 Å². The summed E-state index contributed by atoms with van der Waals surface area (Å²) in [6.45, 7) is 5.38. The molecule has 2 N–H and O–H groups in total. The number of benzene rings is 1. The van der Waals surface area contributed by atoms with E-state index in [1.165, 1.54) is 12.1 Å². The number of carbonyl (C=O) groups excluding carboxylic acids is 1. The molecule has 1 fully saturated rings. The molecule has 0 aliphatic carbocycles. The average Bonchev–Trinajstić information content (AvgIpc) is 2.91. The van der Waals surface area contributed by atoms with Gasteiger partial charge in [-0.25, -0.2) is 4.39 Å². The van der Waals surface area contributed by atoms with E-state index >= 15 is 0 Å². The highest BCUT2D eigenvalue weighted by molar-refractivity contribution is 5.87. The normalized spacial score (nSPS) is 19.3. The number of aromatic nitrogens is 2. The number of piperidine rings is 1. The number of fused-ring (bicyclic) bond motifs is 1. The van der Waals surface area contributed by atoms with E-state index in [0.29, 0.717) is 17.1 Å². The topological polar surface area (TPSA) is 64.2 Å². The highest BCUT2D eigenvalue weighted by atomic mass is 19.1. The van der Waals surface area contributed by atoms with Crippen LogP contribution in [0.2, 0.25) is 0 Å². The third-order valence-electron chi connectivity index (χ3n) is 4.43. The fraction of sp³-hybridized carbons (Fsp3) is 0.529. The number of nitrogens with zero attached hydrogens (tertiary/aromatic N) is 3. The number of hydrogen-bond donors (Lipinski definition) is 1. The van der Waals surface area contributed by atoms with Crippen LogP contribution in [0.25, 0.3) is 10.9 Å². The van der Waals surface area contributed by atoms with Crippen LogP contribution in [-0.4, -0.2) is 40.2 Å². The second-order valence-electron chi connectivity index (χ2n) is 6.35. The summed E-state index contributed by atoms with van der Waals surface area (Å²) in [6, 6.07) is 3.12. The van der Waals surface area contributed by atoms with Gasteiger partial charge in [0.2, 0.25) is 5.91 Å². The number of nitrogens with two attached hydrogens (primary N) is 1. The molecule has 0 spiro atoms. The van der Waals surface area contributed by atoms with Gasteiger partial charge in [-0.3, -0.25) is 9.48 Å². The monoisotopic (exact) mass is 318 g/mol. The number of amides is 1. The van der Waals surface area contributed by atoms with Crippen LogP contribution < -0.4 is 5.73 Å². The minimum absolute atomic E-state index is 0.0118. The molecular weight excluding hydrogens is 295 g/mol. The Bertz CT molecular complexity index is 710. The van der Waals surface area contributed by atoms with E-state index in [0.717, 1.165) is 44.3 Å². The average molecular weight is 318 g/mol. The third kappa shape index (κ3) is 3.52. The van der Waals surface area contributed by atoms with Gasteiger partial charge < -0.3 is 10.6 Å². The van der Waals surface area contributed by atoms with Crippen molar-refractivity contribution in [2.75, 3.05) is 19.6 Å². The molecule has 1 aliphatic rings. The number of hydrogen-bond acceptors (Lipinski definition) is 3. The molecule has 2 heterocycles. The highest BCUT2D eigenvalue weighted by Gasteiger charge is 2.22. The molecule has 5 nitrogen and oxygen atoms in total. The van der Waals surface area contributed by atoms with Gasteiger partial charge in [0.1, 0.15) is 5.82 Å². The van der Waals surface area contributed by atoms with Crippen molar-refractivity contribution in [2.24, 2.45) is 5.73 Å². The number of primary amides is 1. The van der Waals surface area contributed by atoms with Gasteiger partial charge in [0.15, 0.2) is 0 Å². The second kappa shape index (κ2) is 6.66. The predicted molar refractivity (Wildman–Crippen MR) is 87.6 cm³/mol. The minimum Gasteiger partial charge on any atom is -0.369 e. The highest BCUT2D eigenvalue weighted by Crippen LogP contribution is 2.26. The molecule has 1 saturated heterocycles. The summed E-state index contributed by atoms with van der Waals surface area (Å²) >= 11 is 0. The van der Waals surface area contributed by atoms with Crippen LogP contribution in [0, 0.1) is 5.82 Å². The molecule has 1 aliphatic heterocycles. The summed E-state index contributed by atoms with van der Waals surface area (Å²) in [7, 11) is 0. The van der Waals surface area contributed by atoms with Crippen LogP contribution in [-0.2, 0) is 11.2 Å². The van der Waals surface area contributed by atoms with E-state index in [1.807, 2.05) is 10.9 Å². The Hall–Kier alpha value is -1.95.